The van der Waals surface area contributed by atoms with Crippen molar-refractivity contribution in [2.24, 2.45) is 0 Å². The largest absolute Gasteiger partial charge is 0.490 e. The second-order valence-electron chi connectivity index (χ2n) is 4.04. The molecule has 2 heterocycles. The molecule has 0 aliphatic carbocycles. The van der Waals surface area contributed by atoms with Crippen molar-refractivity contribution in [3.05, 3.63) is 0 Å². The number of amides is 1. The molecule has 110 valence electrons. The van der Waals surface area contributed by atoms with Gasteiger partial charge in [0.05, 0.1) is 0 Å². The Morgan fingerprint density at radius 2 is 1.79 bits per heavy atom. The normalized spacial score (nSPS) is 22.9. The zero-order valence-electron chi connectivity index (χ0n) is 10.1. The van der Waals surface area contributed by atoms with Gasteiger partial charge in [-0.2, -0.15) is 13.2 Å². The molecule has 0 unspecified atom stereocenters. The molecule has 2 N–H and O–H groups in total. The van der Waals surface area contributed by atoms with E-state index in [1.165, 1.54) is 12.8 Å². The number of carbonyl (C=O) groups excluding carboxylic acids is 1. The summed E-state index contributed by atoms with van der Waals surface area (Å²) in [5.74, 6) is -1.38. The Labute approximate surface area is 112 Å². The molecule has 9 heteroatoms. The summed E-state index contributed by atoms with van der Waals surface area (Å²) in [6, 6.07) is 0. The van der Waals surface area contributed by atoms with Crippen molar-refractivity contribution in [3.63, 3.8) is 0 Å². The molecule has 5 nitrogen and oxygen atoms in total. The number of rotatable bonds is 1. The van der Waals surface area contributed by atoms with Crippen LogP contribution in [0, 0.1) is 0 Å². The fraction of sp³-hybridized carbons (Fsp3) is 0.800. The number of likely N-dealkylation sites (tertiary alicyclic amines) is 1. The second kappa shape index (κ2) is 6.99. The van der Waals surface area contributed by atoms with E-state index in [2.05, 4.69) is 5.32 Å². The van der Waals surface area contributed by atoms with Gasteiger partial charge in [-0.05, 0) is 12.8 Å². The molecule has 2 aliphatic heterocycles. The highest BCUT2D eigenvalue weighted by molar-refractivity contribution is 8.00. The van der Waals surface area contributed by atoms with Gasteiger partial charge in [-0.3, -0.25) is 10.1 Å². The van der Waals surface area contributed by atoms with Gasteiger partial charge in [0.1, 0.15) is 5.37 Å². The topological polar surface area (TPSA) is 69.6 Å². The van der Waals surface area contributed by atoms with Crippen LogP contribution in [0.5, 0.6) is 0 Å². The molecule has 0 aromatic heterocycles. The number of halogens is 3. The van der Waals surface area contributed by atoms with Crippen molar-refractivity contribution >= 4 is 23.6 Å². The molecule has 2 saturated heterocycles. The average Bonchev–Trinajstić information content (AvgIpc) is 3.01. The molecule has 0 radical (unpaired) electrons. The van der Waals surface area contributed by atoms with Gasteiger partial charge in [0.15, 0.2) is 0 Å². The van der Waals surface area contributed by atoms with E-state index in [4.69, 9.17) is 9.90 Å². The zero-order valence-corrected chi connectivity index (χ0v) is 10.9. The van der Waals surface area contributed by atoms with E-state index < -0.39 is 12.1 Å². The van der Waals surface area contributed by atoms with E-state index in [9.17, 15) is 18.0 Å². The lowest BCUT2D eigenvalue weighted by atomic mass is 10.4. The summed E-state index contributed by atoms with van der Waals surface area (Å²) in [6.45, 7) is 2.92. The summed E-state index contributed by atoms with van der Waals surface area (Å²) in [4.78, 5) is 22.6. The smallest absolute Gasteiger partial charge is 0.475 e. The number of hydrogen-bond donors (Lipinski definition) is 2. The number of carbonyl (C=O) groups is 2. The molecule has 0 saturated carbocycles. The quantitative estimate of drug-likeness (QED) is 0.753. The van der Waals surface area contributed by atoms with Gasteiger partial charge < -0.3 is 10.0 Å². The van der Waals surface area contributed by atoms with Crippen LogP contribution in [-0.4, -0.2) is 58.8 Å². The average molecular weight is 300 g/mol. The molecule has 1 atom stereocenters. The minimum Gasteiger partial charge on any atom is -0.475 e. The van der Waals surface area contributed by atoms with Crippen LogP contribution in [0.3, 0.4) is 0 Å². The first-order valence-corrected chi connectivity index (χ1v) is 6.81. The van der Waals surface area contributed by atoms with Crippen LogP contribution in [-0.2, 0) is 9.59 Å². The van der Waals surface area contributed by atoms with Crippen molar-refractivity contribution < 1.29 is 27.9 Å². The number of alkyl halides is 3. The Hall–Kier alpha value is -0.960. The fourth-order valence-corrected chi connectivity index (χ4v) is 2.69. The van der Waals surface area contributed by atoms with Gasteiger partial charge in [-0.15, -0.1) is 11.8 Å². The van der Waals surface area contributed by atoms with Gasteiger partial charge in [-0.1, -0.05) is 0 Å². The lowest BCUT2D eigenvalue weighted by Gasteiger charge is -2.18. The molecule has 0 aromatic carbocycles. The first-order valence-electron chi connectivity index (χ1n) is 5.76. The maximum absolute atomic E-state index is 11.7. The fourth-order valence-electron chi connectivity index (χ4n) is 1.69. The van der Waals surface area contributed by atoms with Crippen molar-refractivity contribution in [1.29, 1.82) is 0 Å². The SMILES string of the molecule is O=C(O)C(F)(F)F.O=C([C@H]1NCCS1)N1CCCC1. The summed E-state index contributed by atoms with van der Waals surface area (Å²) < 4.78 is 31.7. The van der Waals surface area contributed by atoms with Crippen LogP contribution >= 0.6 is 11.8 Å². The molecule has 2 fully saturated rings. The Morgan fingerprint density at radius 3 is 2.16 bits per heavy atom. The molecule has 2 aliphatic rings. The molecular formula is C10H15F3N2O3S. The third-order valence-corrected chi connectivity index (χ3v) is 3.74. The van der Waals surface area contributed by atoms with Crippen LogP contribution < -0.4 is 5.32 Å². The van der Waals surface area contributed by atoms with Gasteiger partial charge in [-0.25, -0.2) is 4.79 Å². The monoisotopic (exact) mass is 300 g/mol. The predicted molar refractivity (Wildman–Crippen MR) is 63.8 cm³/mol. The molecule has 19 heavy (non-hydrogen) atoms. The molecule has 1 amide bonds. The number of nitrogens with zero attached hydrogens (tertiary/aromatic N) is 1. The Balaban J connectivity index is 0.000000224. The number of hydrogen-bond acceptors (Lipinski definition) is 4. The molecular weight excluding hydrogens is 285 g/mol. The predicted octanol–water partition coefficient (Wildman–Crippen LogP) is 0.905. The maximum atomic E-state index is 11.7. The first-order chi connectivity index (χ1) is 8.82. The molecule has 0 bridgehead atoms. The number of nitrogens with one attached hydrogen (secondary N) is 1. The van der Waals surface area contributed by atoms with Gasteiger partial charge >= 0.3 is 12.1 Å². The van der Waals surface area contributed by atoms with Gasteiger partial charge in [0.25, 0.3) is 0 Å². The first kappa shape index (κ1) is 16.1. The van der Waals surface area contributed by atoms with Crippen LogP contribution in [0.1, 0.15) is 12.8 Å². The molecule has 0 spiro atoms. The molecule has 2 rings (SSSR count). The number of aliphatic carboxylic acids is 1. The van der Waals surface area contributed by atoms with Crippen LogP contribution in [0.15, 0.2) is 0 Å². The van der Waals surface area contributed by atoms with E-state index in [0.717, 1.165) is 25.4 Å². The lowest BCUT2D eigenvalue weighted by molar-refractivity contribution is -0.192. The van der Waals surface area contributed by atoms with Crippen molar-refractivity contribution in [2.75, 3.05) is 25.4 Å². The Morgan fingerprint density at radius 1 is 1.26 bits per heavy atom. The summed E-state index contributed by atoms with van der Waals surface area (Å²) in [7, 11) is 0. The van der Waals surface area contributed by atoms with Gasteiger partial charge in [0.2, 0.25) is 5.91 Å². The number of carboxylic acid groups (broad SMARTS) is 1. The number of thioether (sulfide) groups is 1. The van der Waals surface area contributed by atoms with Gasteiger partial charge in [0, 0.05) is 25.4 Å². The van der Waals surface area contributed by atoms with Crippen LogP contribution in [0.2, 0.25) is 0 Å². The van der Waals surface area contributed by atoms with E-state index >= 15 is 0 Å². The Kier molecular flexibility index (Phi) is 5.92. The van der Waals surface area contributed by atoms with Crippen molar-refractivity contribution in [2.45, 2.75) is 24.4 Å². The Bertz CT molecular complexity index is 308. The zero-order chi connectivity index (χ0) is 14.5. The van der Waals surface area contributed by atoms with E-state index in [0.29, 0.717) is 5.91 Å². The van der Waals surface area contributed by atoms with E-state index in [-0.39, 0.29) is 5.37 Å². The van der Waals surface area contributed by atoms with Crippen molar-refractivity contribution in [1.82, 2.24) is 10.2 Å². The van der Waals surface area contributed by atoms with E-state index in [1.807, 2.05) is 4.90 Å². The standard InChI is InChI=1S/C8H14N2OS.C2HF3O2/c11-8(7-9-3-6-12-7)10-4-1-2-5-10;3-2(4,5)1(6)7/h7,9H,1-6H2;(H,6,7)/t7-;/m0./s1. The summed E-state index contributed by atoms with van der Waals surface area (Å²) in [5, 5.41) is 10.4. The maximum Gasteiger partial charge on any atom is 0.490 e. The third kappa shape index (κ3) is 5.27. The highest BCUT2D eigenvalue weighted by atomic mass is 32.2. The minimum absolute atomic E-state index is 0.0584. The second-order valence-corrected chi connectivity index (χ2v) is 5.25. The highest BCUT2D eigenvalue weighted by Gasteiger charge is 2.38. The summed E-state index contributed by atoms with van der Waals surface area (Å²) in [6.07, 6.45) is -2.72. The lowest BCUT2D eigenvalue weighted by Crippen LogP contribution is -2.40. The number of carboxylic acids is 1. The van der Waals surface area contributed by atoms with Crippen LogP contribution in [0.25, 0.3) is 0 Å². The van der Waals surface area contributed by atoms with Crippen LogP contribution in [0.4, 0.5) is 13.2 Å². The summed E-state index contributed by atoms with van der Waals surface area (Å²) >= 11 is 1.74. The minimum atomic E-state index is -5.08. The van der Waals surface area contributed by atoms with Crippen molar-refractivity contribution in [3.8, 4) is 0 Å². The highest BCUT2D eigenvalue weighted by Crippen LogP contribution is 2.18. The third-order valence-electron chi connectivity index (χ3n) is 2.60. The molecule has 0 aromatic rings. The summed E-state index contributed by atoms with van der Waals surface area (Å²) in [5.41, 5.74) is 0. The van der Waals surface area contributed by atoms with E-state index in [1.54, 1.807) is 11.8 Å².